The summed E-state index contributed by atoms with van der Waals surface area (Å²) in [5.41, 5.74) is 3.53. The van der Waals surface area contributed by atoms with Crippen LogP contribution in [0, 0.1) is 0 Å². The van der Waals surface area contributed by atoms with Crippen molar-refractivity contribution in [3.8, 4) is 11.5 Å². The number of nitrogens with zero attached hydrogens (tertiary/aromatic N) is 1. The second-order valence-electron chi connectivity index (χ2n) is 3.20. The molecule has 94 valence electrons. The first kappa shape index (κ1) is 13.3. The van der Waals surface area contributed by atoms with Gasteiger partial charge < -0.3 is 20.0 Å². The fraction of sp³-hybridized carbons (Fsp3) is 0.417. The van der Waals surface area contributed by atoms with E-state index >= 15 is 0 Å². The Kier molecular flexibility index (Phi) is 5.88. The van der Waals surface area contributed by atoms with Crippen LogP contribution in [0.5, 0.6) is 11.5 Å². The van der Waals surface area contributed by atoms with Gasteiger partial charge in [0.15, 0.2) is 11.5 Å². The number of aliphatic hydroxyl groups is 1. The maximum atomic E-state index is 8.60. The van der Waals surface area contributed by atoms with Crippen LogP contribution in [0.25, 0.3) is 0 Å². The third-order valence-corrected chi connectivity index (χ3v) is 2.03. The Morgan fingerprint density at radius 2 is 2.29 bits per heavy atom. The second kappa shape index (κ2) is 7.51. The zero-order valence-corrected chi connectivity index (χ0v) is 10.1. The summed E-state index contributed by atoms with van der Waals surface area (Å²) in [7, 11) is 1.59. The van der Waals surface area contributed by atoms with Gasteiger partial charge in [-0.25, -0.2) is 0 Å². The van der Waals surface area contributed by atoms with Gasteiger partial charge in [-0.1, -0.05) is 6.07 Å². The highest BCUT2D eigenvalue weighted by molar-refractivity contribution is 5.84. The van der Waals surface area contributed by atoms with E-state index in [1.54, 1.807) is 13.3 Å². The minimum absolute atomic E-state index is 0.0491. The third-order valence-electron chi connectivity index (χ3n) is 2.03. The van der Waals surface area contributed by atoms with Crippen molar-refractivity contribution in [2.24, 2.45) is 5.10 Å². The van der Waals surface area contributed by atoms with E-state index in [0.29, 0.717) is 24.7 Å². The molecule has 1 aromatic rings. The van der Waals surface area contributed by atoms with Gasteiger partial charge in [-0.2, -0.15) is 5.10 Å². The third kappa shape index (κ3) is 3.96. The number of rotatable bonds is 7. The zero-order chi connectivity index (χ0) is 12.5. The predicted molar refractivity (Wildman–Crippen MR) is 66.8 cm³/mol. The molecule has 0 aliphatic heterocycles. The van der Waals surface area contributed by atoms with Crippen LogP contribution in [-0.2, 0) is 0 Å². The highest BCUT2D eigenvalue weighted by Gasteiger charge is 2.07. The highest BCUT2D eigenvalue weighted by atomic mass is 16.5. The molecule has 0 atom stereocenters. The molecule has 0 aromatic heterocycles. The molecule has 5 nitrogen and oxygen atoms in total. The molecule has 0 aliphatic rings. The van der Waals surface area contributed by atoms with E-state index in [-0.39, 0.29) is 6.61 Å². The molecule has 1 aromatic carbocycles. The second-order valence-corrected chi connectivity index (χ2v) is 3.20. The average Bonchev–Trinajstić information content (AvgIpc) is 2.35. The standard InChI is InChI=1S/C12H18N2O3/c1-3-17-11-6-4-5-10(12(11)16-2)9-14-13-7-8-15/h4-6,9,13,15H,3,7-8H2,1-2H3/b14-9+. The number of nitrogens with one attached hydrogen (secondary N) is 1. The molecule has 0 aliphatic carbocycles. The molecule has 0 unspecified atom stereocenters. The predicted octanol–water partition coefficient (Wildman–Crippen LogP) is 1.01. The van der Waals surface area contributed by atoms with Crippen molar-refractivity contribution in [3.05, 3.63) is 23.8 Å². The lowest BCUT2D eigenvalue weighted by Gasteiger charge is -2.11. The van der Waals surface area contributed by atoms with Crippen LogP contribution in [0.1, 0.15) is 12.5 Å². The van der Waals surface area contributed by atoms with Crippen molar-refractivity contribution in [2.45, 2.75) is 6.92 Å². The quantitative estimate of drug-likeness (QED) is 0.423. The van der Waals surface area contributed by atoms with Crippen molar-refractivity contribution in [3.63, 3.8) is 0 Å². The summed E-state index contributed by atoms with van der Waals surface area (Å²) in [6.45, 7) is 2.97. The maximum absolute atomic E-state index is 8.60. The summed E-state index contributed by atoms with van der Waals surface area (Å²) < 4.78 is 10.7. The summed E-state index contributed by atoms with van der Waals surface area (Å²) >= 11 is 0. The van der Waals surface area contributed by atoms with Crippen LogP contribution < -0.4 is 14.9 Å². The van der Waals surface area contributed by atoms with E-state index in [9.17, 15) is 0 Å². The number of aliphatic hydroxyl groups excluding tert-OH is 1. The van der Waals surface area contributed by atoms with Crippen molar-refractivity contribution in [1.82, 2.24) is 5.43 Å². The van der Waals surface area contributed by atoms with Crippen LogP contribution >= 0.6 is 0 Å². The molecule has 17 heavy (non-hydrogen) atoms. The molecule has 0 amide bonds. The van der Waals surface area contributed by atoms with Gasteiger partial charge in [-0.15, -0.1) is 0 Å². The monoisotopic (exact) mass is 238 g/mol. The highest BCUT2D eigenvalue weighted by Crippen LogP contribution is 2.29. The van der Waals surface area contributed by atoms with Gasteiger partial charge in [-0.05, 0) is 19.1 Å². The maximum Gasteiger partial charge on any atom is 0.169 e. The first-order valence-corrected chi connectivity index (χ1v) is 5.50. The summed E-state index contributed by atoms with van der Waals surface area (Å²) in [4.78, 5) is 0. The zero-order valence-electron chi connectivity index (χ0n) is 10.1. The molecule has 0 saturated carbocycles. The summed E-state index contributed by atoms with van der Waals surface area (Å²) in [6.07, 6.45) is 1.64. The Labute approximate surface area is 101 Å². The number of benzene rings is 1. The minimum Gasteiger partial charge on any atom is -0.492 e. The van der Waals surface area contributed by atoms with Crippen molar-refractivity contribution < 1.29 is 14.6 Å². The summed E-state index contributed by atoms with van der Waals surface area (Å²) in [5, 5.41) is 12.6. The Morgan fingerprint density at radius 3 is 2.94 bits per heavy atom. The van der Waals surface area contributed by atoms with E-state index in [0.717, 1.165) is 5.56 Å². The van der Waals surface area contributed by atoms with Crippen LogP contribution in [0.3, 0.4) is 0 Å². The molecule has 0 spiro atoms. The molecule has 1 rings (SSSR count). The molecular formula is C12H18N2O3. The smallest absolute Gasteiger partial charge is 0.169 e. The molecule has 0 heterocycles. The normalized spacial score (nSPS) is 10.5. The van der Waals surface area contributed by atoms with Gasteiger partial charge in [0, 0.05) is 5.56 Å². The van der Waals surface area contributed by atoms with Crippen molar-refractivity contribution in [2.75, 3.05) is 26.9 Å². The fourth-order valence-electron chi connectivity index (χ4n) is 1.35. The van der Waals surface area contributed by atoms with Gasteiger partial charge in [-0.3, -0.25) is 0 Å². The van der Waals surface area contributed by atoms with E-state index in [2.05, 4.69) is 10.5 Å². The Morgan fingerprint density at radius 1 is 1.47 bits per heavy atom. The average molecular weight is 238 g/mol. The number of hydrogen-bond donors (Lipinski definition) is 2. The van der Waals surface area contributed by atoms with Crippen molar-refractivity contribution in [1.29, 1.82) is 0 Å². The van der Waals surface area contributed by atoms with Gasteiger partial charge in [0.2, 0.25) is 0 Å². The van der Waals surface area contributed by atoms with E-state index < -0.39 is 0 Å². The number of ether oxygens (including phenoxy) is 2. The Hall–Kier alpha value is -1.75. The molecule has 5 heteroatoms. The summed E-state index contributed by atoms with van der Waals surface area (Å²) in [5.74, 6) is 1.35. The van der Waals surface area contributed by atoms with Crippen molar-refractivity contribution >= 4 is 6.21 Å². The number of para-hydroxylation sites is 1. The number of hydrazone groups is 1. The van der Waals surface area contributed by atoms with Crippen LogP contribution in [0.2, 0.25) is 0 Å². The number of hydrogen-bond acceptors (Lipinski definition) is 5. The van der Waals surface area contributed by atoms with E-state index in [4.69, 9.17) is 14.6 Å². The molecule has 2 N–H and O–H groups in total. The SMILES string of the molecule is CCOc1cccc(/C=N/NCCO)c1OC. The fourth-order valence-corrected chi connectivity index (χ4v) is 1.35. The first-order valence-electron chi connectivity index (χ1n) is 5.50. The lowest BCUT2D eigenvalue weighted by molar-refractivity contribution is 0.293. The Bertz CT molecular complexity index is 367. The van der Waals surface area contributed by atoms with E-state index in [1.165, 1.54) is 0 Å². The van der Waals surface area contributed by atoms with Gasteiger partial charge in [0.1, 0.15) is 0 Å². The lowest BCUT2D eigenvalue weighted by atomic mass is 10.2. The van der Waals surface area contributed by atoms with Crippen LogP contribution in [0.15, 0.2) is 23.3 Å². The van der Waals surface area contributed by atoms with Gasteiger partial charge >= 0.3 is 0 Å². The largest absolute Gasteiger partial charge is 0.492 e. The Balaban J connectivity index is 2.83. The van der Waals surface area contributed by atoms with Crippen LogP contribution in [-0.4, -0.2) is 38.2 Å². The topological polar surface area (TPSA) is 63.1 Å². The van der Waals surface area contributed by atoms with Gasteiger partial charge in [0.25, 0.3) is 0 Å². The number of methoxy groups -OCH3 is 1. The van der Waals surface area contributed by atoms with Gasteiger partial charge in [0.05, 0.1) is 33.1 Å². The lowest BCUT2D eigenvalue weighted by Crippen LogP contribution is -2.11. The molecular weight excluding hydrogens is 220 g/mol. The van der Waals surface area contributed by atoms with Crippen LogP contribution in [0.4, 0.5) is 0 Å². The first-order chi connectivity index (χ1) is 8.33. The van der Waals surface area contributed by atoms with E-state index in [1.807, 2.05) is 25.1 Å². The molecule has 0 bridgehead atoms. The molecule has 0 fully saturated rings. The summed E-state index contributed by atoms with van der Waals surface area (Å²) in [6, 6.07) is 5.60. The minimum atomic E-state index is 0.0491. The molecule has 0 saturated heterocycles. The molecule has 0 radical (unpaired) electrons.